The first-order valence-corrected chi connectivity index (χ1v) is 5.98. The molecule has 0 aliphatic rings. The number of benzene rings is 1. The fourth-order valence-electron chi connectivity index (χ4n) is 1.86. The maximum Gasteiger partial charge on any atom is 0.174 e. The smallest absolute Gasteiger partial charge is 0.174 e. The van der Waals surface area contributed by atoms with E-state index in [1.807, 2.05) is 13.1 Å². The van der Waals surface area contributed by atoms with Crippen LogP contribution in [0, 0.1) is 6.92 Å². The lowest BCUT2D eigenvalue weighted by Gasteiger charge is -2.16. The van der Waals surface area contributed by atoms with Gasteiger partial charge in [-0.1, -0.05) is 29.8 Å². The Morgan fingerprint density at radius 2 is 2.12 bits per heavy atom. The fraction of sp³-hybridized carbons (Fsp3) is 0.231. The second-order valence-corrected chi connectivity index (χ2v) is 4.51. The van der Waals surface area contributed by atoms with Gasteiger partial charge in [-0.3, -0.25) is 0 Å². The number of aryl methyl sites for hydroxylation is 1. The number of furan rings is 1. The molecule has 0 radical (unpaired) electrons. The van der Waals surface area contributed by atoms with Crippen LogP contribution >= 0.6 is 15.9 Å². The van der Waals surface area contributed by atoms with E-state index in [2.05, 4.69) is 52.4 Å². The number of rotatable bonds is 3. The van der Waals surface area contributed by atoms with Gasteiger partial charge in [0.15, 0.2) is 4.67 Å². The molecule has 1 atom stereocenters. The van der Waals surface area contributed by atoms with Gasteiger partial charge in [-0.15, -0.1) is 0 Å². The first-order chi connectivity index (χ1) is 7.72. The minimum Gasteiger partial charge on any atom is -0.457 e. The van der Waals surface area contributed by atoms with Gasteiger partial charge in [-0.05, 0) is 41.5 Å². The topological polar surface area (TPSA) is 25.2 Å². The number of hydrogen-bond donors (Lipinski definition) is 1. The van der Waals surface area contributed by atoms with Crippen molar-refractivity contribution in [1.29, 1.82) is 0 Å². The molecule has 0 spiro atoms. The van der Waals surface area contributed by atoms with E-state index in [0.29, 0.717) is 0 Å². The molecule has 0 saturated heterocycles. The van der Waals surface area contributed by atoms with Crippen molar-refractivity contribution in [3.05, 3.63) is 58.0 Å². The van der Waals surface area contributed by atoms with Crippen molar-refractivity contribution in [2.75, 3.05) is 7.05 Å². The largest absolute Gasteiger partial charge is 0.457 e. The zero-order valence-electron chi connectivity index (χ0n) is 9.33. The van der Waals surface area contributed by atoms with Gasteiger partial charge >= 0.3 is 0 Å². The molecular weight excluding hydrogens is 266 g/mol. The molecule has 0 aliphatic carbocycles. The van der Waals surface area contributed by atoms with E-state index in [0.717, 1.165) is 10.2 Å². The molecule has 2 nitrogen and oxygen atoms in total. The molecule has 1 unspecified atom stereocenters. The van der Waals surface area contributed by atoms with Gasteiger partial charge in [-0.2, -0.15) is 0 Å². The Hall–Kier alpha value is -1.06. The van der Waals surface area contributed by atoms with Crippen molar-refractivity contribution in [3.63, 3.8) is 0 Å². The van der Waals surface area contributed by atoms with Crippen molar-refractivity contribution in [2.24, 2.45) is 0 Å². The first-order valence-electron chi connectivity index (χ1n) is 5.19. The molecule has 1 heterocycles. The highest BCUT2D eigenvalue weighted by Crippen LogP contribution is 2.29. The van der Waals surface area contributed by atoms with Gasteiger partial charge < -0.3 is 9.73 Å². The van der Waals surface area contributed by atoms with Gasteiger partial charge in [0.05, 0.1) is 12.3 Å². The standard InChI is InChI=1S/C13H14BrNO/c1-9-4-3-5-10(8-9)12(15-2)11-6-7-16-13(11)14/h3-8,12,15H,1-2H3. The third kappa shape index (κ3) is 2.20. The lowest BCUT2D eigenvalue weighted by atomic mass is 10.00. The zero-order valence-corrected chi connectivity index (χ0v) is 10.9. The Bertz CT molecular complexity index is 478. The Morgan fingerprint density at radius 3 is 2.69 bits per heavy atom. The summed E-state index contributed by atoms with van der Waals surface area (Å²) in [7, 11) is 1.95. The van der Waals surface area contributed by atoms with Crippen LogP contribution in [0.3, 0.4) is 0 Å². The summed E-state index contributed by atoms with van der Waals surface area (Å²) in [6, 6.07) is 10.6. The lowest BCUT2D eigenvalue weighted by molar-refractivity contribution is 0.530. The first kappa shape index (κ1) is 11.4. The quantitative estimate of drug-likeness (QED) is 0.928. The number of nitrogens with one attached hydrogen (secondary N) is 1. The Balaban J connectivity index is 2.40. The summed E-state index contributed by atoms with van der Waals surface area (Å²) in [6.07, 6.45) is 1.69. The molecule has 0 fully saturated rings. The lowest BCUT2D eigenvalue weighted by Crippen LogP contribution is -2.17. The van der Waals surface area contributed by atoms with E-state index in [9.17, 15) is 0 Å². The third-order valence-corrected chi connectivity index (χ3v) is 3.27. The molecule has 2 rings (SSSR count). The molecule has 0 saturated carbocycles. The van der Waals surface area contributed by atoms with E-state index < -0.39 is 0 Å². The van der Waals surface area contributed by atoms with E-state index in [1.165, 1.54) is 11.1 Å². The molecule has 1 aromatic carbocycles. The summed E-state index contributed by atoms with van der Waals surface area (Å²) in [5.41, 5.74) is 3.62. The average molecular weight is 280 g/mol. The summed E-state index contributed by atoms with van der Waals surface area (Å²) in [6.45, 7) is 2.10. The van der Waals surface area contributed by atoms with E-state index in [4.69, 9.17) is 4.42 Å². The maximum absolute atomic E-state index is 5.28. The van der Waals surface area contributed by atoms with E-state index in [-0.39, 0.29) is 6.04 Å². The highest BCUT2D eigenvalue weighted by molar-refractivity contribution is 9.10. The van der Waals surface area contributed by atoms with Crippen molar-refractivity contribution in [2.45, 2.75) is 13.0 Å². The summed E-state index contributed by atoms with van der Waals surface area (Å²) in [5.74, 6) is 0. The SMILES string of the molecule is CNC(c1cccc(C)c1)c1ccoc1Br. The maximum atomic E-state index is 5.28. The van der Waals surface area contributed by atoms with Gasteiger partial charge in [0.1, 0.15) is 0 Å². The van der Waals surface area contributed by atoms with Crippen LogP contribution in [0.2, 0.25) is 0 Å². The average Bonchev–Trinajstić information content (AvgIpc) is 2.67. The number of hydrogen-bond acceptors (Lipinski definition) is 2. The van der Waals surface area contributed by atoms with Crippen LogP contribution in [0.1, 0.15) is 22.7 Å². The minimum absolute atomic E-state index is 0.160. The highest BCUT2D eigenvalue weighted by Gasteiger charge is 2.16. The van der Waals surface area contributed by atoms with Crippen LogP contribution in [0.5, 0.6) is 0 Å². The second-order valence-electron chi connectivity index (χ2n) is 3.79. The Morgan fingerprint density at radius 1 is 1.31 bits per heavy atom. The van der Waals surface area contributed by atoms with E-state index in [1.54, 1.807) is 6.26 Å². The molecule has 2 aromatic rings. The fourth-order valence-corrected chi connectivity index (χ4v) is 2.33. The Labute approximate surface area is 104 Å². The molecule has 16 heavy (non-hydrogen) atoms. The summed E-state index contributed by atoms with van der Waals surface area (Å²) >= 11 is 3.42. The van der Waals surface area contributed by atoms with Crippen LogP contribution in [0.25, 0.3) is 0 Å². The predicted octanol–water partition coefficient (Wildman–Crippen LogP) is 3.66. The van der Waals surface area contributed by atoms with E-state index >= 15 is 0 Å². The predicted molar refractivity (Wildman–Crippen MR) is 68.5 cm³/mol. The third-order valence-electron chi connectivity index (χ3n) is 2.62. The summed E-state index contributed by atoms with van der Waals surface area (Å²) in [4.78, 5) is 0. The van der Waals surface area contributed by atoms with Crippen LogP contribution in [0.4, 0.5) is 0 Å². The molecular formula is C13H14BrNO. The highest BCUT2D eigenvalue weighted by atomic mass is 79.9. The molecule has 84 valence electrons. The monoisotopic (exact) mass is 279 g/mol. The van der Waals surface area contributed by atoms with Crippen LogP contribution in [-0.2, 0) is 0 Å². The van der Waals surface area contributed by atoms with Crippen molar-refractivity contribution < 1.29 is 4.42 Å². The summed E-state index contributed by atoms with van der Waals surface area (Å²) in [5, 5.41) is 3.30. The zero-order chi connectivity index (χ0) is 11.5. The molecule has 1 aromatic heterocycles. The van der Waals surface area contributed by atoms with Gasteiger partial charge in [0.2, 0.25) is 0 Å². The molecule has 0 bridgehead atoms. The van der Waals surface area contributed by atoms with Crippen LogP contribution < -0.4 is 5.32 Å². The van der Waals surface area contributed by atoms with Gasteiger partial charge in [0, 0.05) is 5.56 Å². The van der Waals surface area contributed by atoms with Crippen LogP contribution in [0.15, 0.2) is 45.7 Å². The normalized spacial score (nSPS) is 12.7. The van der Waals surface area contributed by atoms with Crippen molar-refractivity contribution in [1.82, 2.24) is 5.32 Å². The van der Waals surface area contributed by atoms with Crippen LogP contribution in [-0.4, -0.2) is 7.05 Å². The van der Waals surface area contributed by atoms with Gasteiger partial charge in [-0.25, -0.2) is 0 Å². The minimum atomic E-state index is 0.160. The van der Waals surface area contributed by atoms with Crippen molar-refractivity contribution >= 4 is 15.9 Å². The molecule has 0 aliphatic heterocycles. The summed E-state index contributed by atoms with van der Waals surface area (Å²) < 4.78 is 6.06. The molecule has 3 heteroatoms. The molecule has 0 amide bonds. The van der Waals surface area contributed by atoms with Gasteiger partial charge in [0.25, 0.3) is 0 Å². The Kier molecular flexibility index (Phi) is 3.46. The van der Waals surface area contributed by atoms with Crippen molar-refractivity contribution in [3.8, 4) is 0 Å². The second kappa shape index (κ2) is 4.85. The molecule has 1 N–H and O–H groups in total. The number of halogens is 1.